The fourth-order valence-electron chi connectivity index (χ4n) is 1.77. The number of hydrogen-bond acceptors (Lipinski definition) is 4. The number of amides is 1. The summed E-state index contributed by atoms with van der Waals surface area (Å²) in [5, 5.41) is 2.85. The Bertz CT molecular complexity index is 613. The molecular formula is C14H15ClN2O2S. The lowest BCUT2D eigenvalue weighted by Crippen LogP contribution is -2.11. The van der Waals surface area contributed by atoms with Crippen LogP contribution in [0.1, 0.15) is 27.9 Å². The summed E-state index contributed by atoms with van der Waals surface area (Å²) >= 11 is 7.22. The molecule has 2 aromatic rings. The minimum Gasteiger partial charge on any atom is -0.494 e. The van der Waals surface area contributed by atoms with E-state index in [2.05, 4.69) is 10.3 Å². The van der Waals surface area contributed by atoms with Crippen molar-refractivity contribution in [3.8, 4) is 5.75 Å². The number of nitrogens with zero attached hydrogens (tertiary/aromatic N) is 1. The summed E-state index contributed by atoms with van der Waals surface area (Å²) in [5.41, 5.74) is 3.94. The molecule has 1 aromatic heterocycles. The van der Waals surface area contributed by atoms with Crippen molar-refractivity contribution in [3.63, 3.8) is 0 Å². The number of thiazole rings is 1. The van der Waals surface area contributed by atoms with Gasteiger partial charge in [0.1, 0.15) is 10.6 Å². The monoisotopic (exact) mass is 310 g/mol. The van der Waals surface area contributed by atoms with E-state index < -0.39 is 0 Å². The lowest BCUT2D eigenvalue weighted by atomic mass is 10.2. The molecule has 1 heterocycles. The predicted octanol–water partition coefficient (Wildman–Crippen LogP) is 3.84. The van der Waals surface area contributed by atoms with Gasteiger partial charge in [0.2, 0.25) is 0 Å². The zero-order chi connectivity index (χ0) is 14.5. The minimum absolute atomic E-state index is 0.158. The number of carbonyl (C=O) groups is 1. The van der Waals surface area contributed by atoms with Gasteiger partial charge in [0.15, 0.2) is 0 Å². The molecule has 1 N–H and O–H groups in total. The SMILES string of the molecule is CCOc1ccc(NC(=O)c2scnc2C)cc1CCl. The molecule has 20 heavy (non-hydrogen) atoms. The number of rotatable bonds is 5. The topological polar surface area (TPSA) is 51.2 Å². The first kappa shape index (κ1) is 14.8. The first-order valence-electron chi connectivity index (χ1n) is 6.18. The third kappa shape index (κ3) is 3.29. The van der Waals surface area contributed by atoms with Gasteiger partial charge >= 0.3 is 0 Å². The molecule has 2 rings (SSSR count). The highest BCUT2D eigenvalue weighted by molar-refractivity contribution is 7.12. The fraction of sp³-hybridized carbons (Fsp3) is 0.286. The summed E-state index contributed by atoms with van der Waals surface area (Å²) in [7, 11) is 0. The van der Waals surface area contributed by atoms with Crippen molar-refractivity contribution in [2.75, 3.05) is 11.9 Å². The maximum absolute atomic E-state index is 12.1. The largest absolute Gasteiger partial charge is 0.494 e. The molecule has 4 nitrogen and oxygen atoms in total. The maximum Gasteiger partial charge on any atom is 0.267 e. The molecular weight excluding hydrogens is 296 g/mol. The van der Waals surface area contributed by atoms with E-state index in [0.29, 0.717) is 23.1 Å². The van der Waals surface area contributed by atoms with Crippen molar-refractivity contribution in [1.29, 1.82) is 0 Å². The van der Waals surface area contributed by atoms with Crippen LogP contribution in [0.25, 0.3) is 0 Å². The zero-order valence-corrected chi connectivity index (χ0v) is 12.8. The molecule has 0 aliphatic rings. The highest BCUT2D eigenvalue weighted by Crippen LogP contribution is 2.25. The molecule has 0 spiro atoms. The first-order valence-corrected chi connectivity index (χ1v) is 7.60. The summed E-state index contributed by atoms with van der Waals surface area (Å²) in [6.45, 7) is 4.31. The second-order valence-corrected chi connectivity index (χ2v) is 5.23. The van der Waals surface area contributed by atoms with Gasteiger partial charge in [0.25, 0.3) is 5.91 Å². The Morgan fingerprint density at radius 2 is 2.30 bits per heavy atom. The van der Waals surface area contributed by atoms with Crippen molar-refractivity contribution < 1.29 is 9.53 Å². The third-order valence-electron chi connectivity index (χ3n) is 2.71. The van der Waals surface area contributed by atoms with Crippen LogP contribution in [0, 0.1) is 6.92 Å². The number of aryl methyl sites for hydroxylation is 1. The number of hydrogen-bond donors (Lipinski definition) is 1. The van der Waals surface area contributed by atoms with E-state index in [4.69, 9.17) is 16.3 Å². The standard InChI is InChI=1S/C14H15ClN2O2S/c1-3-19-12-5-4-11(6-10(12)7-15)17-14(18)13-9(2)16-8-20-13/h4-6,8H,3,7H2,1-2H3,(H,17,18). The number of halogens is 1. The molecule has 1 amide bonds. The highest BCUT2D eigenvalue weighted by atomic mass is 35.5. The van der Waals surface area contributed by atoms with Gasteiger partial charge in [-0.3, -0.25) is 4.79 Å². The molecule has 0 unspecified atom stereocenters. The van der Waals surface area contributed by atoms with E-state index in [-0.39, 0.29) is 5.91 Å². The molecule has 0 radical (unpaired) electrons. The molecule has 0 bridgehead atoms. The van der Waals surface area contributed by atoms with Crippen LogP contribution >= 0.6 is 22.9 Å². The van der Waals surface area contributed by atoms with Gasteiger partial charge in [0.05, 0.1) is 23.7 Å². The fourth-order valence-corrected chi connectivity index (χ4v) is 2.67. The number of carbonyl (C=O) groups excluding carboxylic acids is 1. The molecule has 106 valence electrons. The third-order valence-corrected chi connectivity index (χ3v) is 3.93. The Morgan fingerprint density at radius 3 is 2.90 bits per heavy atom. The van der Waals surface area contributed by atoms with Crippen molar-refractivity contribution in [2.45, 2.75) is 19.7 Å². The molecule has 0 aliphatic carbocycles. The number of nitrogens with one attached hydrogen (secondary N) is 1. The molecule has 0 atom stereocenters. The minimum atomic E-state index is -0.158. The average Bonchev–Trinajstić information content (AvgIpc) is 2.87. The van der Waals surface area contributed by atoms with Gasteiger partial charge in [-0.05, 0) is 32.0 Å². The highest BCUT2D eigenvalue weighted by Gasteiger charge is 2.13. The number of ether oxygens (including phenoxy) is 1. The second-order valence-electron chi connectivity index (χ2n) is 4.11. The number of benzene rings is 1. The normalized spacial score (nSPS) is 10.3. The molecule has 1 aromatic carbocycles. The predicted molar refractivity (Wildman–Crippen MR) is 82.0 cm³/mol. The zero-order valence-electron chi connectivity index (χ0n) is 11.3. The van der Waals surface area contributed by atoms with Crippen LogP contribution in [0.4, 0.5) is 5.69 Å². The Morgan fingerprint density at radius 1 is 1.50 bits per heavy atom. The van der Waals surface area contributed by atoms with E-state index in [1.165, 1.54) is 11.3 Å². The summed E-state index contributed by atoms with van der Waals surface area (Å²) in [4.78, 5) is 16.8. The van der Waals surface area contributed by atoms with Crippen LogP contribution in [0.15, 0.2) is 23.7 Å². The van der Waals surface area contributed by atoms with E-state index in [1.54, 1.807) is 11.6 Å². The van der Waals surface area contributed by atoms with Gasteiger partial charge in [-0.1, -0.05) is 0 Å². The summed E-state index contributed by atoms with van der Waals surface area (Å²) < 4.78 is 5.47. The van der Waals surface area contributed by atoms with Crippen LogP contribution < -0.4 is 10.1 Å². The first-order chi connectivity index (χ1) is 9.65. The van der Waals surface area contributed by atoms with Gasteiger partial charge < -0.3 is 10.1 Å². The van der Waals surface area contributed by atoms with Crippen molar-refractivity contribution >= 4 is 34.5 Å². The van der Waals surface area contributed by atoms with E-state index in [9.17, 15) is 4.79 Å². The summed E-state index contributed by atoms with van der Waals surface area (Å²) in [6.07, 6.45) is 0. The summed E-state index contributed by atoms with van der Waals surface area (Å²) in [6, 6.07) is 5.44. The summed E-state index contributed by atoms with van der Waals surface area (Å²) in [5.74, 6) is 0.919. The number of anilines is 1. The van der Waals surface area contributed by atoms with Gasteiger partial charge in [-0.15, -0.1) is 22.9 Å². The van der Waals surface area contributed by atoms with Gasteiger partial charge in [0, 0.05) is 11.3 Å². The van der Waals surface area contributed by atoms with E-state index in [0.717, 1.165) is 17.0 Å². The second kappa shape index (κ2) is 6.72. The Hall–Kier alpha value is -1.59. The molecule has 6 heteroatoms. The van der Waals surface area contributed by atoms with E-state index >= 15 is 0 Å². The molecule has 0 saturated heterocycles. The molecule has 0 fully saturated rings. The molecule has 0 aliphatic heterocycles. The van der Waals surface area contributed by atoms with Crippen LogP contribution in [-0.2, 0) is 5.88 Å². The number of alkyl halides is 1. The van der Waals surface area contributed by atoms with Gasteiger partial charge in [-0.2, -0.15) is 0 Å². The van der Waals surface area contributed by atoms with Crippen molar-refractivity contribution in [3.05, 3.63) is 39.8 Å². The van der Waals surface area contributed by atoms with Gasteiger partial charge in [-0.25, -0.2) is 4.98 Å². The van der Waals surface area contributed by atoms with Crippen LogP contribution in [0.3, 0.4) is 0 Å². The number of aromatic nitrogens is 1. The lowest BCUT2D eigenvalue weighted by molar-refractivity contribution is 0.103. The van der Waals surface area contributed by atoms with Crippen LogP contribution in [0.2, 0.25) is 0 Å². The van der Waals surface area contributed by atoms with Crippen molar-refractivity contribution in [1.82, 2.24) is 4.98 Å². The smallest absolute Gasteiger partial charge is 0.267 e. The van der Waals surface area contributed by atoms with Crippen LogP contribution in [0.5, 0.6) is 5.75 Å². The molecule has 0 saturated carbocycles. The van der Waals surface area contributed by atoms with Crippen molar-refractivity contribution in [2.24, 2.45) is 0 Å². The Balaban J connectivity index is 2.18. The van der Waals surface area contributed by atoms with Crippen LogP contribution in [-0.4, -0.2) is 17.5 Å². The average molecular weight is 311 g/mol. The Labute approximate surface area is 126 Å². The maximum atomic E-state index is 12.1. The quantitative estimate of drug-likeness (QED) is 0.854. The van der Waals surface area contributed by atoms with E-state index in [1.807, 2.05) is 26.0 Å². The lowest BCUT2D eigenvalue weighted by Gasteiger charge is -2.11. The Kier molecular flexibility index (Phi) is 4.98.